The van der Waals surface area contributed by atoms with Crippen molar-refractivity contribution >= 4 is 0 Å². The highest BCUT2D eigenvalue weighted by Gasteiger charge is 2.19. The smallest absolute Gasteiger partial charge is 0.231 e. The van der Waals surface area contributed by atoms with E-state index in [1.807, 2.05) is 6.07 Å². The molecule has 26 heavy (non-hydrogen) atoms. The molecule has 0 amide bonds. The molecule has 2 aromatic rings. The Bertz CT molecular complexity index is 697. The lowest BCUT2D eigenvalue weighted by Gasteiger charge is -2.32. The van der Waals surface area contributed by atoms with Gasteiger partial charge < -0.3 is 19.7 Å². The van der Waals surface area contributed by atoms with Crippen LogP contribution in [0, 0.1) is 5.92 Å². The molecule has 0 atom stereocenters. The van der Waals surface area contributed by atoms with Crippen molar-refractivity contribution in [3.63, 3.8) is 0 Å². The van der Waals surface area contributed by atoms with Crippen LogP contribution in [-0.4, -0.2) is 37.9 Å². The number of benzene rings is 2. The molecule has 138 valence electrons. The van der Waals surface area contributed by atoms with Gasteiger partial charge in [0, 0.05) is 19.6 Å². The van der Waals surface area contributed by atoms with Gasteiger partial charge in [-0.25, -0.2) is 0 Å². The number of ether oxygens (including phenoxy) is 2. The SMILES string of the molecule is c1ccc(CC2CCN(CCNCc3ccc4c(c3)OCO4)CC2)cc1. The number of fused-ring (bicyclic) bond motifs is 1. The normalized spacial score (nSPS) is 17.5. The highest BCUT2D eigenvalue weighted by atomic mass is 16.7. The fraction of sp³-hybridized carbons (Fsp3) is 0.455. The van der Waals surface area contributed by atoms with E-state index in [0.717, 1.165) is 37.1 Å². The Morgan fingerprint density at radius 2 is 1.73 bits per heavy atom. The summed E-state index contributed by atoms with van der Waals surface area (Å²) in [5.74, 6) is 2.56. The lowest BCUT2D eigenvalue weighted by Crippen LogP contribution is -2.38. The molecule has 1 saturated heterocycles. The summed E-state index contributed by atoms with van der Waals surface area (Å²) in [6.45, 7) is 5.82. The van der Waals surface area contributed by atoms with Gasteiger partial charge in [0.1, 0.15) is 0 Å². The van der Waals surface area contributed by atoms with Crippen LogP contribution in [0.3, 0.4) is 0 Å². The molecule has 4 rings (SSSR count). The third kappa shape index (κ3) is 4.57. The monoisotopic (exact) mass is 352 g/mol. The summed E-state index contributed by atoms with van der Waals surface area (Å²) in [7, 11) is 0. The summed E-state index contributed by atoms with van der Waals surface area (Å²) in [6.07, 6.45) is 3.87. The van der Waals surface area contributed by atoms with Gasteiger partial charge in [-0.1, -0.05) is 36.4 Å². The van der Waals surface area contributed by atoms with Crippen LogP contribution in [0.15, 0.2) is 48.5 Å². The fourth-order valence-corrected chi connectivity index (χ4v) is 3.88. The third-order valence-corrected chi connectivity index (χ3v) is 5.45. The number of nitrogens with zero attached hydrogens (tertiary/aromatic N) is 1. The maximum Gasteiger partial charge on any atom is 0.231 e. The van der Waals surface area contributed by atoms with Gasteiger partial charge in [-0.2, -0.15) is 0 Å². The second kappa shape index (κ2) is 8.56. The van der Waals surface area contributed by atoms with E-state index < -0.39 is 0 Å². The topological polar surface area (TPSA) is 33.7 Å². The van der Waals surface area contributed by atoms with E-state index in [0.29, 0.717) is 6.79 Å². The average molecular weight is 352 g/mol. The second-order valence-corrected chi connectivity index (χ2v) is 7.34. The zero-order valence-corrected chi connectivity index (χ0v) is 15.3. The number of hydrogen-bond acceptors (Lipinski definition) is 4. The van der Waals surface area contributed by atoms with E-state index >= 15 is 0 Å². The number of rotatable bonds is 7. The number of piperidine rings is 1. The number of nitrogens with one attached hydrogen (secondary N) is 1. The molecular formula is C22H28N2O2. The maximum atomic E-state index is 5.43. The minimum Gasteiger partial charge on any atom is -0.454 e. The van der Waals surface area contributed by atoms with Crippen LogP contribution in [0.2, 0.25) is 0 Å². The van der Waals surface area contributed by atoms with Crippen molar-refractivity contribution in [1.29, 1.82) is 0 Å². The summed E-state index contributed by atoms with van der Waals surface area (Å²) in [4.78, 5) is 2.59. The predicted molar refractivity (Wildman–Crippen MR) is 104 cm³/mol. The van der Waals surface area contributed by atoms with Crippen LogP contribution in [-0.2, 0) is 13.0 Å². The highest BCUT2D eigenvalue weighted by molar-refractivity contribution is 5.44. The molecule has 1 N–H and O–H groups in total. The number of hydrogen-bond donors (Lipinski definition) is 1. The van der Waals surface area contributed by atoms with Gasteiger partial charge in [0.2, 0.25) is 6.79 Å². The summed E-state index contributed by atoms with van der Waals surface area (Å²) in [5, 5.41) is 3.55. The molecule has 0 aromatic heterocycles. The molecule has 2 heterocycles. The molecule has 2 aliphatic rings. The first-order valence-electron chi connectivity index (χ1n) is 9.72. The average Bonchev–Trinajstić information content (AvgIpc) is 3.15. The summed E-state index contributed by atoms with van der Waals surface area (Å²) in [5.41, 5.74) is 2.73. The molecule has 4 heteroatoms. The lowest BCUT2D eigenvalue weighted by molar-refractivity contribution is 0.174. The molecule has 2 aromatic carbocycles. The summed E-state index contributed by atoms with van der Waals surface area (Å²) in [6, 6.07) is 17.1. The van der Waals surface area contributed by atoms with Crippen LogP contribution < -0.4 is 14.8 Å². The minimum absolute atomic E-state index is 0.340. The molecule has 0 spiro atoms. The van der Waals surface area contributed by atoms with E-state index in [-0.39, 0.29) is 0 Å². The Morgan fingerprint density at radius 3 is 2.58 bits per heavy atom. The van der Waals surface area contributed by atoms with Crippen LogP contribution in [0.5, 0.6) is 11.5 Å². The van der Waals surface area contributed by atoms with E-state index in [1.54, 1.807) is 0 Å². The Hall–Kier alpha value is -2.04. The van der Waals surface area contributed by atoms with Gasteiger partial charge in [0.05, 0.1) is 0 Å². The Balaban J connectivity index is 1.13. The molecule has 4 nitrogen and oxygen atoms in total. The predicted octanol–water partition coefficient (Wildman–Crippen LogP) is 3.46. The Kier molecular flexibility index (Phi) is 5.72. The van der Waals surface area contributed by atoms with Crippen molar-refractivity contribution in [3.8, 4) is 11.5 Å². The van der Waals surface area contributed by atoms with Gasteiger partial charge in [-0.15, -0.1) is 0 Å². The lowest BCUT2D eigenvalue weighted by atomic mass is 9.90. The molecule has 2 aliphatic heterocycles. The molecular weight excluding hydrogens is 324 g/mol. The Labute approximate surface area is 156 Å². The van der Waals surface area contributed by atoms with Crippen molar-refractivity contribution in [3.05, 3.63) is 59.7 Å². The van der Waals surface area contributed by atoms with Crippen molar-refractivity contribution in [2.45, 2.75) is 25.8 Å². The summed E-state index contributed by atoms with van der Waals surface area (Å²) < 4.78 is 10.8. The zero-order valence-electron chi connectivity index (χ0n) is 15.3. The molecule has 1 fully saturated rings. The van der Waals surface area contributed by atoms with E-state index in [4.69, 9.17) is 9.47 Å². The van der Waals surface area contributed by atoms with Crippen LogP contribution >= 0.6 is 0 Å². The van der Waals surface area contributed by atoms with Gasteiger partial charge in [0.25, 0.3) is 0 Å². The first-order chi connectivity index (χ1) is 12.9. The van der Waals surface area contributed by atoms with Crippen molar-refractivity contribution in [2.24, 2.45) is 5.92 Å². The number of likely N-dealkylation sites (tertiary alicyclic amines) is 1. The molecule has 0 radical (unpaired) electrons. The van der Waals surface area contributed by atoms with Crippen molar-refractivity contribution < 1.29 is 9.47 Å². The van der Waals surface area contributed by atoms with E-state index in [9.17, 15) is 0 Å². The third-order valence-electron chi connectivity index (χ3n) is 5.45. The van der Waals surface area contributed by atoms with Crippen molar-refractivity contribution in [2.75, 3.05) is 33.0 Å². The molecule has 0 saturated carbocycles. The summed E-state index contributed by atoms with van der Waals surface area (Å²) >= 11 is 0. The van der Waals surface area contributed by atoms with E-state index in [2.05, 4.69) is 52.7 Å². The quantitative estimate of drug-likeness (QED) is 0.774. The van der Waals surface area contributed by atoms with Crippen LogP contribution in [0.4, 0.5) is 0 Å². The first kappa shape index (κ1) is 17.4. The second-order valence-electron chi connectivity index (χ2n) is 7.34. The maximum absolute atomic E-state index is 5.43. The highest BCUT2D eigenvalue weighted by Crippen LogP contribution is 2.32. The van der Waals surface area contributed by atoms with Crippen molar-refractivity contribution in [1.82, 2.24) is 10.2 Å². The largest absolute Gasteiger partial charge is 0.454 e. The van der Waals surface area contributed by atoms with Gasteiger partial charge in [-0.3, -0.25) is 0 Å². The van der Waals surface area contributed by atoms with Crippen LogP contribution in [0.25, 0.3) is 0 Å². The zero-order chi connectivity index (χ0) is 17.6. The molecule has 0 unspecified atom stereocenters. The van der Waals surface area contributed by atoms with Gasteiger partial charge >= 0.3 is 0 Å². The van der Waals surface area contributed by atoms with Gasteiger partial charge in [-0.05, 0) is 61.5 Å². The van der Waals surface area contributed by atoms with Crippen LogP contribution in [0.1, 0.15) is 24.0 Å². The standard InChI is InChI=1S/C22H28N2O2/c1-2-4-18(5-3-1)14-19-8-11-24(12-9-19)13-10-23-16-20-6-7-21-22(15-20)26-17-25-21/h1-7,15,19,23H,8-14,16-17H2. The molecule has 0 aliphatic carbocycles. The van der Waals surface area contributed by atoms with E-state index in [1.165, 1.54) is 43.5 Å². The minimum atomic E-state index is 0.340. The first-order valence-corrected chi connectivity index (χ1v) is 9.72. The Morgan fingerprint density at radius 1 is 0.923 bits per heavy atom. The fourth-order valence-electron chi connectivity index (χ4n) is 3.88. The molecule has 0 bridgehead atoms. The van der Waals surface area contributed by atoms with Gasteiger partial charge in [0.15, 0.2) is 11.5 Å².